The number of pyridine rings is 1. The third kappa shape index (κ3) is 5.44. The van der Waals surface area contributed by atoms with Crippen molar-refractivity contribution >= 4 is 40.0 Å². The number of rotatable bonds is 9. The number of nitrogens with one attached hydrogen (secondary N) is 2. The molecule has 37 heavy (non-hydrogen) atoms. The van der Waals surface area contributed by atoms with Crippen molar-refractivity contribution in [1.29, 1.82) is 0 Å². The first-order valence-corrected chi connectivity index (χ1v) is 11.5. The van der Waals surface area contributed by atoms with E-state index in [1.54, 1.807) is 37.6 Å². The lowest BCUT2D eigenvalue weighted by Gasteiger charge is -2.20. The summed E-state index contributed by atoms with van der Waals surface area (Å²) in [6.07, 6.45) is 2.84. The van der Waals surface area contributed by atoms with Crippen LogP contribution in [0, 0.1) is 6.92 Å². The molecule has 10 nitrogen and oxygen atoms in total. The molecule has 0 atom stereocenters. The maximum absolute atomic E-state index is 13.1. The molecular formula is C27H28N6O4. The molecule has 0 bridgehead atoms. The van der Waals surface area contributed by atoms with E-state index in [9.17, 15) is 14.7 Å². The SMILES string of the molecule is C=CC(=O)Nc1cccc(-n2c(=O)cc(C)c3cnc(Nc4ccc(N(C)CCO)cc4OC)nc32)c1. The Kier molecular flexibility index (Phi) is 7.49. The number of amides is 1. The second kappa shape index (κ2) is 10.9. The summed E-state index contributed by atoms with van der Waals surface area (Å²) in [6.45, 7) is 5.82. The van der Waals surface area contributed by atoms with E-state index in [1.807, 2.05) is 37.1 Å². The van der Waals surface area contributed by atoms with E-state index in [-0.39, 0.29) is 24.0 Å². The zero-order valence-corrected chi connectivity index (χ0v) is 20.9. The first-order chi connectivity index (χ1) is 17.8. The van der Waals surface area contributed by atoms with Crippen LogP contribution in [0.15, 0.2) is 72.2 Å². The van der Waals surface area contributed by atoms with Crippen molar-refractivity contribution in [3.05, 3.63) is 83.3 Å². The molecule has 190 valence electrons. The van der Waals surface area contributed by atoms with Gasteiger partial charge in [0.1, 0.15) is 5.75 Å². The molecule has 0 saturated heterocycles. The minimum absolute atomic E-state index is 0.0361. The van der Waals surface area contributed by atoms with E-state index in [1.165, 1.54) is 16.7 Å². The number of fused-ring (bicyclic) bond motifs is 1. The molecule has 4 aromatic rings. The molecule has 10 heteroatoms. The molecule has 2 aromatic carbocycles. The fraction of sp³-hybridized carbons (Fsp3) is 0.185. The molecule has 0 radical (unpaired) electrons. The van der Waals surface area contributed by atoms with Crippen LogP contribution in [0.4, 0.5) is 23.0 Å². The minimum atomic E-state index is -0.352. The van der Waals surface area contributed by atoms with E-state index in [4.69, 9.17) is 4.74 Å². The maximum atomic E-state index is 13.1. The van der Waals surface area contributed by atoms with Crippen LogP contribution < -0.4 is 25.8 Å². The summed E-state index contributed by atoms with van der Waals surface area (Å²) in [4.78, 5) is 35.9. The van der Waals surface area contributed by atoms with Gasteiger partial charge in [0.2, 0.25) is 11.9 Å². The summed E-state index contributed by atoms with van der Waals surface area (Å²) in [5.41, 5.74) is 3.46. The molecule has 0 fully saturated rings. The highest BCUT2D eigenvalue weighted by Crippen LogP contribution is 2.31. The number of anilines is 4. The molecule has 0 saturated carbocycles. The van der Waals surface area contributed by atoms with Crippen molar-refractivity contribution in [2.45, 2.75) is 6.92 Å². The van der Waals surface area contributed by atoms with Crippen LogP contribution >= 0.6 is 0 Å². The second-order valence-corrected chi connectivity index (χ2v) is 8.33. The van der Waals surface area contributed by atoms with Gasteiger partial charge in [-0.05, 0) is 48.9 Å². The Morgan fingerprint density at radius 3 is 2.78 bits per heavy atom. The number of nitrogens with zero attached hydrogens (tertiary/aromatic N) is 4. The van der Waals surface area contributed by atoms with Crippen molar-refractivity contribution in [2.24, 2.45) is 0 Å². The third-order valence-corrected chi connectivity index (χ3v) is 5.83. The molecule has 0 unspecified atom stereocenters. The van der Waals surface area contributed by atoms with Crippen molar-refractivity contribution in [2.75, 3.05) is 42.8 Å². The molecular weight excluding hydrogens is 472 g/mol. The number of benzene rings is 2. The Morgan fingerprint density at radius 2 is 2.05 bits per heavy atom. The van der Waals surface area contributed by atoms with Crippen LogP contribution in [0.5, 0.6) is 5.75 Å². The van der Waals surface area contributed by atoms with Gasteiger partial charge in [-0.3, -0.25) is 14.2 Å². The summed E-state index contributed by atoms with van der Waals surface area (Å²) in [5.74, 6) is 0.491. The van der Waals surface area contributed by atoms with Crippen LogP contribution in [0.25, 0.3) is 16.7 Å². The fourth-order valence-corrected chi connectivity index (χ4v) is 3.90. The minimum Gasteiger partial charge on any atom is -0.494 e. The van der Waals surface area contributed by atoms with Gasteiger partial charge in [0.25, 0.3) is 5.56 Å². The van der Waals surface area contributed by atoms with Crippen LogP contribution in [0.3, 0.4) is 0 Å². The maximum Gasteiger partial charge on any atom is 0.257 e. The Hall–Kier alpha value is -4.70. The van der Waals surface area contributed by atoms with Crippen molar-refractivity contribution in [1.82, 2.24) is 14.5 Å². The lowest BCUT2D eigenvalue weighted by atomic mass is 10.2. The van der Waals surface area contributed by atoms with Gasteiger partial charge in [-0.15, -0.1) is 0 Å². The molecule has 2 aromatic heterocycles. The summed E-state index contributed by atoms with van der Waals surface area (Å²) in [6, 6.07) is 14.0. The normalized spacial score (nSPS) is 10.7. The molecule has 2 heterocycles. The predicted octanol–water partition coefficient (Wildman–Crippen LogP) is 3.39. The number of ether oxygens (including phenoxy) is 1. The summed E-state index contributed by atoms with van der Waals surface area (Å²) >= 11 is 0. The van der Waals surface area contributed by atoms with Crippen LogP contribution in [0.1, 0.15) is 5.56 Å². The van der Waals surface area contributed by atoms with E-state index in [2.05, 4.69) is 27.2 Å². The smallest absolute Gasteiger partial charge is 0.257 e. The lowest BCUT2D eigenvalue weighted by Crippen LogP contribution is -2.21. The van der Waals surface area contributed by atoms with E-state index in [0.717, 1.165) is 11.3 Å². The molecule has 0 aliphatic rings. The van der Waals surface area contributed by atoms with Gasteiger partial charge in [-0.25, -0.2) is 4.98 Å². The summed E-state index contributed by atoms with van der Waals surface area (Å²) < 4.78 is 7.03. The first kappa shape index (κ1) is 25.4. The van der Waals surface area contributed by atoms with Crippen molar-refractivity contribution in [3.8, 4) is 11.4 Å². The van der Waals surface area contributed by atoms with Crippen LogP contribution in [-0.4, -0.2) is 52.9 Å². The van der Waals surface area contributed by atoms with Crippen LogP contribution in [0.2, 0.25) is 0 Å². The number of aliphatic hydroxyl groups is 1. The third-order valence-electron chi connectivity index (χ3n) is 5.83. The van der Waals surface area contributed by atoms with Gasteiger partial charge in [0.05, 0.1) is 25.1 Å². The summed E-state index contributed by atoms with van der Waals surface area (Å²) in [5, 5.41) is 15.8. The quantitative estimate of drug-likeness (QED) is 0.299. The molecule has 1 amide bonds. The topological polar surface area (TPSA) is 122 Å². The standard InChI is InChI=1S/C27H28N6O4/c1-5-24(35)29-18-7-6-8-20(14-18)33-25(36)13-17(2)21-16-28-27(31-26(21)33)30-22-10-9-19(15-23(22)37-4)32(3)11-12-34/h5-10,13-16,34H,1,11-12H2,2-4H3,(H,29,35)(H,28,30,31). The number of aliphatic hydroxyl groups excluding tert-OH is 1. The Bertz CT molecular complexity index is 1530. The largest absolute Gasteiger partial charge is 0.494 e. The number of carbonyl (C=O) groups excluding carboxylic acids is 1. The number of aromatic nitrogens is 3. The molecule has 3 N–H and O–H groups in total. The Labute approximate surface area is 213 Å². The highest BCUT2D eigenvalue weighted by Gasteiger charge is 2.14. The number of aryl methyl sites for hydroxylation is 1. The summed E-state index contributed by atoms with van der Waals surface area (Å²) in [7, 11) is 3.45. The molecule has 4 rings (SSSR count). The zero-order chi connectivity index (χ0) is 26.5. The number of hydrogen-bond donors (Lipinski definition) is 3. The van der Waals surface area contributed by atoms with E-state index < -0.39 is 0 Å². The Morgan fingerprint density at radius 1 is 1.24 bits per heavy atom. The average molecular weight is 501 g/mol. The van der Waals surface area contributed by atoms with Gasteiger partial charge in [-0.1, -0.05) is 12.6 Å². The first-order valence-electron chi connectivity index (χ1n) is 11.5. The Balaban J connectivity index is 1.77. The van der Waals surface area contributed by atoms with Gasteiger partial charge >= 0.3 is 0 Å². The van der Waals surface area contributed by atoms with E-state index in [0.29, 0.717) is 40.4 Å². The zero-order valence-electron chi connectivity index (χ0n) is 20.9. The average Bonchev–Trinajstić information content (AvgIpc) is 2.89. The number of methoxy groups -OCH3 is 1. The fourth-order valence-electron chi connectivity index (χ4n) is 3.90. The number of likely N-dealkylation sites (N-methyl/N-ethyl adjacent to an activating group) is 1. The monoisotopic (exact) mass is 500 g/mol. The van der Waals surface area contributed by atoms with Gasteiger partial charge in [-0.2, -0.15) is 4.98 Å². The van der Waals surface area contributed by atoms with E-state index >= 15 is 0 Å². The molecule has 0 aliphatic carbocycles. The second-order valence-electron chi connectivity index (χ2n) is 8.33. The van der Waals surface area contributed by atoms with Crippen LogP contribution in [-0.2, 0) is 4.79 Å². The lowest BCUT2D eigenvalue weighted by molar-refractivity contribution is -0.111. The molecule has 0 spiro atoms. The van der Waals surface area contributed by atoms with Crippen molar-refractivity contribution in [3.63, 3.8) is 0 Å². The highest BCUT2D eigenvalue weighted by molar-refractivity contribution is 5.99. The number of carbonyl (C=O) groups is 1. The van der Waals surface area contributed by atoms with Gasteiger partial charge in [0, 0.05) is 48.7 Å². The van der Waals surface area contributed by atoms with Gasteiger partial charge < -0.3 is 25.4 Å². The highest BCUT2D eigenvalue weighted by atomic mass is 16.5. The predicted molar refractivity (Wildman–Crippen MR) is 145 cm³/mol. The number of hydrogen-bond acceptors (Lipinski definition) is 8. The van der Waals surface area contributed by atoms with Gasteiger partial charge in [0.15, 0.2) is 5.65 Å². The molecule has 0 aliphatic heterocycles. The van der Waals surface area contributed by atoms with Crippen molar-refractivity contribution < 1.29 is 14.6 Å².